The van der Waals surface area contributed by atoms with Gasteiger partial charge in [0.25, 0.3) is 0 Å². The first-order valence-corrected chi connectivity index (χ1v) is 5.05. The van der Waals surface area contributed by atoms with Crippen LogP contribution in [0.25, 0.3) is 0 Å². The predicted molar refractivity (Wildman–Crippen MR) is 53.0 cm³/mol. The van der Waals surface area contributed by atoms with E-state index in [-0.39, 0.29) is 5.79 Å². The zero-order valence-electron chi connectivity index (χ0n) is 9.04. The van der Waals surface area contributed by atoms with Crippen molar-refractivity contribution in [2.24, 2.45) is 11.8 Å². The van der Waals surface area contributed by atoms with Crippen molar-refractivity contribution in [3.63, 3.8) is 0 Å². The molecule has 0 aliphatic carbocycles. The van der Waals surface area contributed by atoms with E-state index in [0.29, 0.717) is 11.8 Å². The first-order chi connectivity index (χ1) is 6.04. The van der Waals surface area contributed by atoms with E-state index in [1.807, 2.05) is 0 Å². The Kier molecular flexibility index (Phi) is 3.23. The second kappa shape index (κ2) is 4.03. The fraction of sp³-hybridized carbons (Fsp3) is 0.818. The molecule has 0 saturated heterocycles. The van der Waals surface area contributed by atoms with Crippen molar-refractivity contribution < 1.29 is 9.47 Å². The third-order valence-corrected chi connectivity index (χ3v) is 2.06. The van der Waals surface area contributed by atoms with Gasteiger partial charge in [0.05, 0.1) is 0 Å². The highest BCUT2D eigenvalue weighted by Gasteiger charge is 2.36. The standard InChI is InChI=1S/C11H20O2/c1-9(2)7-11(8-10(3)4)12-5-6-13-11/h5-6,9-10H,7-8H2,1-4H3. The summed E-state index contributed by atoms with van der Waals surface area (Å²) >= 11 is 0. The maximum atomic E-state index is 5.56. The van der Waals surface area contributed by atoms with Crippen LogP contribution in [0.1, 0.15) is 40.5 Å². The zero-order valence-corrected chi connectivity index (χ0v) is 9.04. The summed E-state index contributed by atoms with van der Waals surface area (Å²) in [4.78, 5) is 0. The van der Waals surface area contributed by atoms with Crippen LogP contribution in [0.4, 0.5) is 0 Å². The minimum atomic E-state index is -0.373. The molecule has 0 saturated carbocycles. The van der Waals surface area contributed by atoms with Gasteiger partial charge in [0.15, 0.2) is 0 Å². The molecular formula is C11H20O2. The molecule has 0 amide bonds. The molecule has 0 aromatic carbocycles. The molecule has 0 aromatic rings. The van der Waals surface area contributed by atoms with Gasteiger partial charge < -0.3 is 9.47 Å². The number of hydrogen-bond acceptors (Lipinski definition) is 2. The second-order valence-corrected chi connectivity index (χ2v) is 4.61. The lowest BCUT2D eigenvalue weighted by molar-refractivity contribution is -0.164. The van der Waals surface area contributed by atoms with Crippen molar-refractivity contribution in [3.05, 3.63) is 12.5 Å². The first kappa shape index (κ1) is 10.4. The van der Waals surface area contributed by atoms with Crippen LogP contribution in [0.5, 0.6) is 0 Å². The maximum Gasteiger partial charge on any atom is 0.250 e. The quantitative estimate of drug-likeness (QED) is 0.667. The molecule has 0 N–H and O–H groups in total. The molecule has 0 fully saturated rings. The van der Waals surface area contributed by atoms with Gasteiger partial charge in [-0.1, -0.05) is 27.7 Å². The Bertz CT molecular complexity index is 163. The van der Waals surface area contributed by atoms with Crippen molar-refractivity contribution in [3.8, 4) is 0 Å². The Morgan fingerprint density at radius 3 is 1.62 bits per heavy atom. The average Bonchev–Trinajstić information content (AvgIpc) is 2.33. The topological polar surface area (TPSA) is 18.5 Å². The number of ether oxygens (including phenoxy) is 2. The highest BCUT2D eigenvalue weighted by atomic mass is 16.7. The summed E-state index contributed by atoms with van der Waals surface area (Å²) in [6, 6.07) is 0. The normalized spacial score (nSPS) is 19.2. The van der Waals surface area contributed by atoms with E-state index in [2.05, 4.69) is 27.7 Å². The van der Waals surface area contributed by atoms with Gasteiger partial charge in [-0.2, -0.15) is 0 Å². The molecule has 76 valence electrons. The van der Waals surface area contributed by atoms with E-state index in [9.17, 15) is 0 Å². The SMILES string of the molecule is CC(C)CC1(CC(C)C)OC=CO1. The Morgan fingerprint density at radius 2 is 1.31 bits per heavy atom. The van der Waals surface area contributed by atoms with Crippen molar-refractivity contribution in [2.45, 2.75) is 46.3 Å². The van der Waals surface area contributed by atoms with Crippen LogP contribution in [0.2, 0.25) is 0 Å². The lowest BCUT2D eigenvalue weighted by atomic mass is 9.94. The molecule has 1 heterocycles. The van der Waals surface area contributed by atoms with Crippen LogP contribution < -0.4 is 0 Å². The van der Waals surface area contributed by atoms with Gasteiger partial charge in [-0.3, -0.25) is 0 Å². The van der Waals surface area contributed by atoms with E-state index in [1.165, 1.54) is 0 Å². The molecule has 0 radical (unpaired) electrons. The van der Waals surface area contributed by atoms with Crippen molar-refractivity contribution >= 4 is 0 Å². The third kappa shape index (κ3) is 2.94. The Balaban J connectivity index is 2.54. The van der Waals surface area contributed by atoms with Crippen LogP contribution in [0, 0.1) is 11.8 Å². The zero-order chi connectivity index (χ0) is 9.90. The summed E-state index contributed by atoms with van der Waals surface area (Å²) < 4.78 is 11.1. The van der Waals surface area contributed by atoms with Gasteiger partial charge in [0.2, 0.25) is 5.79 Å². The van der Waals surface area contributed by atoms with E-state index < -0.39 is 0 Å². The third-order valence-electron chi connectivity index (χ3n) is 2.06. The summed E-state index contributed by atoms with van der Waals surface area (Å²) in [7, 11) is 0. The van der Waals surface area contributed by atoms with Crippen molar-refractivity contribution in [2.75, 3.05) is 0 Å². The number of rotatable bonds is 4. The molecule has 13 heavy (non-hydrogen) atoms. The van der Waals surface area contributed by atoms with E-state index >= 15 is 0 Å². The van der Waals surface area contributed by atoms with Gasteiger partial charge in [-0.15, -0.1) is 0 Å². The maximum absolute atomic E-state index is 5.56. The first-order valence-electron chi connectivity index (χ1n) is 5.05. The molecule has 0 unspecified atom stereocenters. The molecule has 0 bridgehead atoms. The van der Waals surface area contributed by atoms with E-state index in [4.69, 9.17) is 9.47 Å². The second-order valence-electron chi connectivity index (χ2n) is 4.61. The summed E-state index contributed by atoms with van der Waals surface area (Å²) in [6.07, 6.45) is 5.23. The summed E-state index contributed by atoms with van der Waals surface area (Å²) in [5.74, 6) is 0.819. The van der Waals surface area contributed by atoms with Gasteiger partial charge in [-0.05, 0) is 11.8 Å². The molecule has 2 nitrogen and oxygen atoms in total. The minimum absolute atomic E-state index is 0.373. The van der Waals surface area contributed by atoms with E-state index in [0.717, 1.165) is 12.8 Å². The van der Waals surface area contributed by atoms with Crippen LogP contribution >= 0.6 is 0 Å². The highest BCUT2D eigenvalue weighted by molar-refractivity contribution is 4.85. The molecule has 1 aliphatic heterocycles. The Morgan fingerprint density at radius 1 is 0.923 bits per heavy atom. The van der Waals surface area contributed by atoms with Crippen LogP contribution in [-0.2, 0) is 9.47 Å². The molecule has 0 atom stereocenters. The van der Waals surface area contributed by atoms with Gasteiger partial charge in [-0.25, -0.2) is 0 Å². The average molecular weight is 184 g/mol. The predicted octanol–water partition coefficient (Wildman–Crippen LogP) is 3.29. The lowest BCUT2D eigenvalue weighted by Gasteiger charge is -2.30. The summed E-state index contributed by atoms with van der Waals surface area (Å²) in [5.41, 5.74) is 0. The molecular weight excluding hydrogens is 164 g/mol. The van der Waals surface area contributed by atoms with E-state index in [1.54, 1.807) is 12.5 Å². The van der Waals surface area contributed by atoms with Gasteiger partial charge in [0, 0.05) is 12.8 Å². The molecule has 0 aromatic heterocycles. The number of hydrogen-bond donors (Lipinski definition) is 0. The lowest BCUT2D eigenvalue weighted by Crippen LogP contribution is -2.33. The largest absolute Gasteiger partial charge is 0.457 e. The smallest absolute Gasteiger partial charge is 0.250 e. The minimum Gasteiger partial charge on any atom is -0.457 e. The van der Waals surface area contributed by atoms with Crippen LogP contribution in [-0.4, -0.2) is 5.79 Å². The summed E-state index contributed by atoms with van der Waals surface area (Å²) in [6.45, 7) is 8.75. The molecule has 2 heteroatoms. The Hall–Kier alpha value is -0.660. The monoisotopic (exact) mass is 184 g/mol. The molecule has 0 spiro atoms. The van der Waals surface area contributed by atoms with Crippen LogP contribution in [0.15, 0.2) is 12.5 Å². The van der Waals surface area contributed by atoms with Crippen molar-refractivity contribution in [1.82, 2.24) is 0 Å². The Labute approximate surface area is 80.9 Å². The fourth-order valence-corrected chi connectivity index (χ4v) is 1.85. The fourth-order valence-electron chi connectivity index (χ4n) is 1.85. The van der Waals surface area contributed by atoms with Gasteiger partial charge in [0.1, 0.15) is 12.5 Å². The summed E-state index contributed by atoms with van der Waals surface area (Å²) in [5, 5.41) is 0. The van der Waals surface area contributed by atoms with Crippen molar-refractivity contribution in [1.29, 1.82) is 0 Å². The molecule has 1 aliphatic rings. The van der Waals surface area contributed by atoms with Crippen LogP contribution in [0.3, 0.4) is 0 Å². The van der Waals surface area contributed by atoms with Gasteiger partial charge >= 0.3 is 0 Å². The highest BCUT2D eigenvalue weighted by Crippen LogP contribution is 2.33. The molecule has 1 rings (SSSR count).